The van der Waals surface area contributed by atoms with Crippen molar-refractivity contribution in [2.24, 2.45) is 0 Å². The van der Waals surface area contributed by atoms with Gasteiger partial charge in [0.05, 0.1) is 0 Å². The number of hydrogen-bond donors (Lipinski definition) is 2. The van der Waals surface area contributed by atoms with Crippen molar-refractivity contribution in [3.05, 3.63) is 76.2 Å². The monoisotopic (exact) mass is 409 g/mol. The predicted octanol–water partition coefficient (Wildman–Crippen LogP) is 4.21. The summed E-state index contributed by atoms with van der Waals surface area (Å²) in [6, 6.07) is 13.0. The van der Waals surface area contributed by atoms with E-state index in [0.717, 1.165) is 16.5 Å². The largest absolute Gasteiger partial charge is 0.423 e. The van der Waals surface area contributed by atoms with E-state index in [9.17, 15) is 14.3 Å². The van der Waals surface area contributed by atoms with Crippen molar-refractivity contribution in [1.29, 1.82) is 0 Å². The molecule has 30 heavy (non-hydrogen) atoms. The molecule has 4 rings (SSSR count). The Morgan fingerprint density at radius 1 is 1.10 bits per heavy atom. The fraction of sp³-hybridized carbons (Fsp3) is 0.227. The van der Waals surface area contributed by atoms with Gasteiger partial charge < -0.3 is 19.3 Å². The Morgan fingerprint density at radius 3 is 2.60 bits per heavy atom. The van der Waals surface area contributed by atoms with Gasteiger partial charge >= 0.3 is 11.6 Å². The van der Waals surface area contributed by atoms with Gasteiger partial charge in [-0.25, -0.2) is 9.18 Å². The van der Waals surface area contributed by atoms with Gasteiger partial charge in [-0.2, -0.15) is 0 Å². The van der Waals surface area contributed by atoms with Crippen LogP contribution in [0.3, 0.4) is 0 Å². The summed E-state index contributed by atoms with van der Waals surface area (Å²) in [6.07, 6.45) is 0.439. The first-order valence-corrected chi connectivity index (χ1v) is 9.48. The van der Waals surface area contributed by atoms with Gasteiger partial charge in [-0.05, 0) is 48.2 Å². The van der Waals surface area contributed by atoms with Gasteiger partial charge in [0.2, 0.25) is 5.89 Å². The Bertz CT molecular complexity index is 1250. The van der Waals surface area contributed by atoms with E-state index in [0.29, 0.717) is 24.1 Å². The molecule has 7 nitrogen and oxygen atoms in total. The Labute approximate surface area is 171 Å². The molecule has 0 saturated heterocycles. The molecule has 0 bridgehead atoms. The summed E-state index contributed by atoms with van der Waals surface area (Å²) in [6.45, 7) is 3.77. The van der Waals surface area contributed by atoms with Crippen LogP contribution >= 0.6 is 0 Å². The number of nitrogens with zero attached hydrogens (tertiary/aromatic N) is 2. The van der Waals surface area contributed by atoms with Gasteiger partial charge in [-0.1, -0.05) is 36.3 Å². The second-order valence-corrected chi connectivity index (χ2v) is 7.21. The van der Waals surface area contributed by atoms with Crippen LogP contribution in [0, 0.1) is 5.82 Å². The fourth-order valence-corrected chi connectivity index (χ4v) is 3.03. The first-order chi connectivity index (χ1) is 14.4. The van der Waals surface area contributed by atoms with Gasteiger partial charge in [-0.3, -0.25) is 0 Å². The Balaban J connectivity index is 1.60. The van der Waals surface area contributed by atoms with Gasteiger partial charge in [0.1, 0.15) is 17.0 Å². The fourth-order valence-electron chi connectivity index (χ4n) is 3.03. The summed E-state index contributed by atoms with van der Waals surface area (Å²) in [5, 5.41) is 21.7. The highest BCUT2D eigenvalue weighted by Gasteiger charge is 2.27. The lowest BCUT2D eigenvalue weighted by Gasteiger charge is -2.15. The minimum absolute atomic E-state index is 0.140. The third kappa shape index (κ3) is 3.95. The molecule has 0 aliphatic heterocycles. The van der Waals surface area contributed by atoms with Crippen molar-refractivity contribution in [2.75, 3.05) is 5.32 Å². The van der Waals surface area contributed by atoms with Crippen LogP contribution in [0.1, 0.15) is 31.7 Å². The van der Waals surface area contributed by atoms with Crippen molar-refractivity contribution in [3.8, 4) is 11.1 Å². The van der Waals surface area contributed by atoms with Crippen LogP contribution in [0.25, 0.3) is 22.1 Å². The van der Waals surface area contributed by atoms with Crippen LogP contribution in [-0.2, 0) is 12.1 Å². The highest BCUT2D eigenvalue weighted by atomic mass is 19.1. The number of hydrogen-bond acceptors (Lipinski definition) is 7. The smallest absolute Gasteiger partial charge is 0.336 e. The minimum atomic E-state index is -1.18. The van der Waals surface area contributed by atoms with E-state index in [1.54, 1.807) is 25.1 Å². The van der Waals surface area contributed by atoms with Crippen LogP contribution in [0.15, 0.2) is 62.2 Å². The number of aliphatic hydroxyl groups is 1. The minimum Gasteiger partial charge on any atom is -0.423 e. The first kappa shape index (κ1) is 19.8. The molecule has 2 aromatic heterocycles. The number of halogens is 1. The molecule has 0 saturated carbocycles. The van der Waals surface area contributed by atoms with Gasteiger partial charge in [0, 0.05) is 18.0 Å². The number of aromatic nitrogens is 2. The number of nitrogens with one attached hydrogen (secondary N) is 1. The number of benzene rings is 2. The molecule has 0 fully saturated rings. The summed E-state index contributed by atoms with van der Waals surface area (Å²) in [5.74, 6) is -0.204. The third-order valence-corrected chi connectivity index (χ3v) is 4.98. The highest BCUT2D eigenvalue weighted by molar-refractivity contribution is 5.93. The van der Waals surface area contributed by atoms with Crippen molar-refractivity contribution in [1.82, 2.24) is 10.2 Å². The number of fused-ring (bicyclic) bond motifs is 1. The molecule has 0 aliphatic rings. The molecule has 2 aromatic carbocycles. The van der Waals surface area contributed by atoms with E-state index in [2.05, 4.69) is 15.5 Å². The van der Waals surface area contributed by atoms with Crippen LogP contribution < -0.4 is 10.9 Å². The van der Waals surface area contributed by atoms with Crippen LogP contribution in [0.4, 0.5) is 10.4 Å². The zero-order valence-corrected chi connectivity index (χ0v) is 16.5. The third-order valence-electron chi connectivity index (χ3n) is 4.98. The van der Waals surface area contributed by atoms with Gasteiger partial charge in [0.25, 0.3) is 0 Å². The molecular formula is C22H20FN3O4. The number of anilines is 1. The molecule has 1 atom stereocenters. The van der Waals surface area contributed by atoms with Crippen LogP contribution in [0.5, 0.6) is 0 Å². The van der Waals surface area contributed by atoms with Crippen molar-refractivity contribution in [3.63, 3.8) is 0 Å². The Morgan fingerprint density at radius 2 is 1.87 bits per heavy atom. The lowest BCUT2D eigenvalue weighted by Crippen LogP contribution is -2.19. The zero-order valence-electron chi connectivity index (χ0n) is 16.5. The molecule has 0 spiro atoms. The Kier molecular flexibility index (Phi) is 5.09. The molecule has 154 valence electrons. The summed E-state index contributed by atoms with van der Waals surface area (Å²) in [7, 11) is 0. The quantitative estimate of drug-likeness (QED) is 0.460. The van der Waals surface area contributed by atoms with Crippen LogP contribution in [0.2, 0.25) is 0 Å². The lowest BCUT2D eigenvalue weighted by molar-refractivity contribution is 0.0252. The molecule has 2 heterocycles. The molecule has 4 aromatic rings. The summed E-state index contributed by atoms with van der Waals surface area (Å²) >= 11 is 0. The maximum Gasteiger partial charge on any atom is 0.336 e. The van der Waals surface area contributed by atoms with E-state index in [-0.39, 0.29) is 17.7 Å². The molecule has 0 radical (unpaired) electrons. The average molecular weight is 409 g/mol. The van der Waals surface area contributed by atoms with E-state index >= 15 is 0 Å². The zero-order chi connectivity index (χ0) is 21.3. The second-order valence-electron chi connectivity index (χ2n) is 7.21. The number of rotatable bonds is 6. The molecule has 2 N–H and O–H groups in total. The van der Waals surface area contributed by atoms with E-state index in [1.807, 2.05) is 19.1 Å². The average Bonchev–Trinajstić information content (AvgIpc) is 3.22. The first-order valence-electron chi connectivity index (χ1n) is 9.48. The van der Waals surface area contributed by atoms with Crippen molar-refractivity contribution in [2.45, 2.75) is 32.4 Å². The summed E-state index contributed by atoms with van der Waals surface area (Å²) in [4.78, 5) is 12.0. The highest BCUT2D eigenvalue weighted by Crippen LogP contribution is 2.28. The SMILES string of the molecule is CC[C@](C)(O)c1nnc(NCc2ccc3c(-c4ccc(F)cc4)cc(=O)oc3c2)o1. The predicted molar refractivity (Wildman–Crippen MR) is 109 cm³/mol. The molecule has 0 amide bonds. The molecule has 0 unspecified atom stereocenters. The lowest BCUT2D eigenvalue weighted by atomic mass is 10.0. The molecule has 8 heteroatoms. The van der Waals surface area contributed by atoms with Crippen molar-refractivity contribution < 1.29 is 18.3 Å². The van der Waals surface area contributed by atoms with E-state index in [1.165, 1.54) is 18.2 Å². The van der Waals surface area contributed by atoms with Crippen LogP contribution in [-0.4, -0.2) is 15.3 Å². The normalized spacial score (nSPS) is 13.3. The maximum atomic E-state index is 13.2. The van der Waals surface area contributed by atoms with E-state index < -0.39 is 11.2 Å². The summed E-state index contributed by atoms with van der Waals surface area (Å²) < 4.78 is 24.1. The topological polar surface area (TPSA) is 101 Å². The van der Waals surface area contributed by atoms with Crippen molar-refractivity contribution >= 4 is 17.0 Å². The molecular weight excluding hydrogens is 389 g/mol. The van der Waals surface area contributed by atoms with Gasteiger partial charge in [-0.15, -0.1) is 5.10 Å². The van der Waals surface area contributed by atoms with Gasteiger partial charge in [0.15, 0.2) is 0 Å². The standard InChI is InChI=1S/C22H20FN3O4/c1-3-22(2,28)20-25-26-21(30-20)24-12-13-4-9-16-17(11-19(27)29-18(16)10-13)14-5-7-15(23)8-6-14/h4-11,28H,3,12H2,1-2H3,(H,24,26)/t22-/m0/s1. The van der Waals surface area contributed by atoms with E-state index in [4.69, 9.17) is 8.83 Å². The molecule has 0 aliphatic carbocycles. The summed E-state index contributed by atoms with van der Waals surface area (Å²) in [5.41, 5.74) is 0.960. The maximum absolute atomic E-state index is 13.2. The Hall–Kier alpha value is -3.52. The second kappa shape index (κ2) is 7.72.